The van der Waals surface area contributed by atoms with Crippen molar-refractivity contribution in [3.8, 4) is 0 Å². The molecule has 3 aromatic rings. The number of rotatable bonds is 12. The van der Waals surface area contributed by atoms with E-state index < -0.39 is 23.8 Å². The summed E-state index contributed by atoms with van der Waals surface area (Å²) < 4.78 is 5.57. The van der Waals surface area contributed by atoms with Gasteiger partial charge in [-0.15, -0.1) is 0 Å². The maximum absolute atomic E-state index is 14.8. The number of ether oxygens (including phenoxy) is 1. The first-order valence-electron chi connectivity index (χ1n) is 16.3. The van der Waals surface area contributed by atoms with Crippen molar-refractivity contribution in [2.75, 3.05) is 5.32 Å². The van der Waals surface area contributed by atoms with E-state index in [9.17, 15) is 14.4 Å². The van der Waals surface area contributed by atoms with Crippen LogP contribution in [0, 0.1) is 25.7 Å². The fraction of sp³-hybridized carbons (Fsp3) is 0.500. The average molecular weight is 616 g/mol. The molecule has 3 aromatic carbocycles. The number of fused-ring (bicyclic) bond motifs is 1. The first kappa shape index (κ1) is 35.6. The van der Waals surface area contributed by atoms with Gasteiger partial charge in [-0.1, -0.05) is 82.6 Å². The third kappa shape index (κ3) is 9.81. The van der Waals surface area contributed by atoms with E-state index in [2.05, 4.69) is 24.5 Å². The quantitative estimate of drug-likeness (QED) is 0.213. The molecule has 0 saturated carbocycles. The van der Waals surface area contributed by atoms with Crippen molar-refractivity contribution in [2.24, 2.45) is 11.8 Å². The van der Waals surface area contributed by atoms with Crippen LogP contribution in [0.25, 0.3) is 10.8 Å². The van der Waals surface area contributed by atoms with Crippen LogP contribution >= 0.6 is 0 Å². The third-order valence-corrected chi connectivity index (χ3v) is 8.43. The van der Waals surface area contributed by atoms with Gasteiger partial charge in [-0.2, -0.15) is 0 Å². The summed E-state index contributed by atoms with van der Waals surface area (Å²) in [4.78, 5) is 44.0. The van der Waals surface area contributed by atoms with Crippen molar-refractivity contribution in [3.63, 3.8) is 0 Å². The molecule has 0 radical (unpaired) electrons. The molecule has 0 fully saturated rings. The van der Waals surface area contributed by atoms with Crippen LogP contribution in [0.3, 0.4) is 0 Å². The molecule has 45 heavy (non-hydrogen) atoms. The van der Waals surface area contributed by atoms with Gasteiger partial charge in [0, 0.05) is 11.7 Å². The van der Waals surface area contributed by atoms with Gasteiger partial charge in [0.05, 0.1) is 0 Å². The molecule has 4 atom stereocenters. The molecule has 244 valence electrons. The third-order valence-electron chi connectivity index (χ3n) is 8.43. The minimum Gasteiger partial charge on any atom is -0.444 e. The van der Waals surface area contributed by atoms with Gasteiger partial charge >= 0.3 is 6.09 Å². The standard InChI is InChI=1S/C38H53N3O4/c1-11-25(4)33(40-37(44)45-38(8,9)10)36(43)41(28(7)18-16-24(2)3)34(31-19-17-26(5)27(6)22-31)35(42)39-32-21-20-29-14-12-13-15-30(29)23-32/h12-15,17,19-25,28,33-34H,11,16,18H2,1-10H3,(H,39,42)(H,40,44). The Morgan fingerprint density at radius 3 is 2.11 bits per heavy atom. The first-order chi connectivity index (χ1) is 21.1. The Morgan fingerprint density at radius 1 is 0.844 bits per heavy atom. The molecule has 2 N–H and O–H groups in total. The summed E-state index contributed by atoms with van der Waals surface area (Å²) >= 11 is 0. The second-order valence-electron chi connectivity index (χ2n) is 13.9. The van der Waals surface area contributed by atoms with Crippen LogP contribution in [0.2, 0.25) is 0 Å². The predicted molar refractivity (Wildman–Crippen MR) is 184 cm³/mol. The van der Waals surface area contributed by atoms with E-state index in [4.69, 9.17) is 4.74 Å². The summed E-state index contributed by atoms with van der Waals surface area (Å²) in [5.74, 6) is -0.392. The van der Waals surface area contributed by atoms with E-state index in [-0.39, 0.29) is 23.8 Å². The largest absolute Gasteiger partial charge is 0.444 e. The summed E-state index contributed by atoms with van der Waals surface area (Å²) in [7, 11) is 0. The molecule has 7 nitrogen and oxygen atoms in total. The number of hydrogen-bond acceptors (Lipinski definition) is 4. The molecule has 3 amide bonds. The topological polar surface area (TPSA) is 87.7 Å². The van der Waals surface area contributed by atoms with E-state index in [1.807, 2.05) is 95.3 Å². The number of nitrogens with zero attached hydrogens (tertiary/aromatic N) is 1. The molecule has 0 aliphatic carbocycles. The summed E-state index contributed by atoms with van der Waals surface area (Å²) in [5.41, 5.74) is 2.78. The zero-order chi connectivity index (χ0) is 33.5. The van der Waals surface area contributed by atoms with Crippen molar-refractivity contribution in [1.82, 2.24) is 10.2 Å². The fourth-order valence-electron chi connectivity index (χ4n) is 5.44. The van der Waals surface area contributed by atoms with E-state index in [0.29, 0.717) is 24.4 Å². The lowest BCUT2D eigenvalue weighted by atomic mass is 9.92. The van der Waals surface area contributed by atoms with Gasteiger partial charge in [-0.05, 0) is 106 Å². The van der Waals surface area contributed by atoms with Crippen LogP contribution < -0.4 is 10.6 Å². The summed E-state index contributed by atoms with van der Waals surface area (Å²) in [6.45, 7) is 19.6. The van der Waals surface area contributed by atoms with E-state index in [1.54, 1.807) is 25.7 Å². The average Bonchev–Trinajstić information content (AvgIpc) is 2.97. The molecule has 7 heteroatoms. The lowest BCUT2D eigenvalue weighted by Crippen LogP contribution is -2.57. The number of aryl methyl sites for hydroxylation is 2. The highest BCUT2D eigenvalue weighted by Gasteiger charge is 2.40. The van der Waals surface area contributed by atoms with Gasteiger partial charge in [-0.25, -0.2) is 4.79 Å². The van der Waals surface area contributed by atoms with E-state index in [0.717, 1.165) is 33.9 Å². The Morgan fingerprint density at radius 2 is 1.51 bits per heavy atom. The van der Waals surface area contributed by atoms with Crippen molar-refractivity contribution >= 4 is 34.4 Å². The van der Waals surface area contributed by atoms with Crippen LogP contribution in [-0.4, -0.2) is 40.5 Å². The maximum Gasteiger partial charge on any atom is 0.408 e. The Kier molecular flexibility index (Phi) is 12.2. The van der Waals surface area contributed by atoms with Crippen LogP contribution in [0.15, 0.2) is 60.7 Å². The molecular formula is C38H53N3O4. The highest BCUT2D eigenvalue weighted by molar-refractivity contribution is 6.00. The number of amides is 3. The molecule has 4 unspecified atom stereocenters. The fourth-order valence-corrected chi connectivity index (χ4v) is 5.44. The number of hydrogen-bond donors (Lipinski definition) is 2. The SMILES string of the molecule is CCC(C)C(NC(=O)OC(C)(C)C)C(=O)N(C(C)CCC(C)C)C(C(=O)Nc1ccc2ccccc2c1)c1ccc(C)c(C)c1. The molecule has 0 heterocycles. The summed E-state index contributed by atoms with van der Waals surface area (Å²) in [6, 6.07) is 17.6. The zero-order valence-electron chi connectivity index (χ0n) is 28.9. The Bertz CT molecular complexity index is 1480. The lowest BCUT2D eigenvalue weighted by Gasteiger charge is -2.40. The maximum atomic E-state index is 14.8. The molecule has 0 spiro atoms. The number of nitrogens with one attached hydrogen (secondary N) is 2. The van der Waals surface area contributed by atoms with Gasteiger partial charge in [0.1, 0.15) is 17.7 Å². The van der Waals surface area contributed by atoms with Gasteiger partial charge in [0.2, 0.25) is 5.91 Å². The minimum absolute atomic E-state index is 0.200. The van der Waals surface area contributed by atoms with Crippen LogP contribution in [-0.2, 0) is 14.3 Å². The van der Waals surface area contributed by atoms with Gasteiger partial charge in [0.15, 0.2) is 0 Å². The van der Waals surface area contributed by atoms with Crippen molar-refractivity contribution in [1.29, 1.82) is 0 Å². The number of carbonyl (C=O) groups excluding carboxylic acids is 3. The number of benzene rings is 3. The molecule has 0 saturated heterocycles. The minimum atomic E-state index is -0.933. The van der Waals surface area contributed by atoms with Crippen molar-refractivity contribution in [2.45, 2.75) is 112 Å². The van der Waals surface area contributed by atoms with Gasteiger partial charge in [0.25, 0.3) is 5.91 Å². The second kappa shape index (κ2) is 15.4. The molecule has 0 bridgehead atoms. The van der Waals surface area contributed by atoms with Crippen LogP contribution in [0.1, 0.15) is 97.4 Å². The zero-order valence-corrected chi connectivity index (χ0v) is 28.9. The lowest BCUT2D eigenvalue weighted by molar-refractivity contribution is -0.144. The highest BCUT2D eigenvalue weighted by Crippen LogP contribution is 2.31. The summed E-state index contributed by atoms with van der Waals surface area (Å²) in [6.07, 6.45) is 1.58. The molecule has 0 aromatic heterocycles. The Balaban J connectivity index is 2.14. The summed E-state index contributed by atoms with van der Waals surface area (Å²) in [5, 5.41) is 8.09. The first-order valence-corrected chi connectivity index (χ1v) is 16.3. The number of carbonyl (C=O) groups is 3. The van der Waals surface area contributed by atoms with Crippen molar-refractivity contribution in [3.05, 3.63) is 77.4 Å². The monoisotopic (exact) mass is 615 g/mol. The predicted octanol–water partition coefficient (Wildman–Crippen LogP) is 8.73. The van der Waals surface area contributed by atoms with E-state index >= 15 is 0 Å². The highest BCUT2D eigenvalue weighted by atomic mass is 16.6. The smallest absolute Gasteiger partial charge is 0.408 e. The molecule has 0 aliphatic heterocycles. The van der Waals surface area contributed by atoms with Crippen LogP contribution in [0.4, 0.5) is 10.5 Å². The second-order valence-corrected chi connectivity index (χ2v) is 13.9. The normalized spacial score (nSPS) is 14.4. The number of alkyl carbamates (subject to hydrolysis) is 1. The van der Waals surface area contributed by atoms with Gasteiger partial charge in [-0.3, -0.25) is 9.59 Å². The molecule has 0 aliphatic rings. The van der Waals surface area contributed by atoms with Crippen molar-refractivity contribution < 1.29 is 19.1 Å². The van der Waals surface area contributed by atoms with Crippen LogP contribution in [0.5, 0.6) is 0 Å². The Hall–Kier alpha value is -3.87. The molecule has 3 rings (SSSR count). The number of anilines is 1. The molecular weight excluding hydrogens is 562 g/mol. The van der Waals surface area contributed by atoms with Gasteiger partial charge < -0.3 is 20.3 Å². The Labute approximate surface area is 270 Å². The van der Waals surface area contributed by atoms with E-state index in [1.165, 1.54) is 0 Å².